The van der Waals surface area contributed by atoms with Gasteiger partial charge in [0, 0.05) is 13.7 Å². The van der Waals surface area contributed by atoms with E-state index in [2.05, 4.69) is 17.2 Å². The van der Waals surface area contributed by atoms with Gasteiger partial charge in [0.15, 0.2) is 0 Å². The summed E-state index contributed by atoms with van der Waals surface area (Å²) in [5.41, 5.74) is 0.950. The fourth-order valence-electron chi connectivity index (χ4n) is 1.24. The number of thiophene rings is 1. The van der Waals surface area contributed by atoms with Gasteiger partial charge in [0.25, 0.3) is 5.91 Å². The summed E-state index contributed by atoms with van der Waals surface area (Å²) in [5.74, 6) is 5.29. The molecule has 0 fully saturated rings. The Labute approximate surface area is 111 Å². The van der Waals surface area contributed by atoms with Crippen molar-refractivity contribution in [3.05, 3.63) is 21.4 Å². The molecule has 0 saturated carbocycles. The molecule has 98 valence electrons. The minimum atomic E-state index is -0.176. The molecule has 0 aliphatic heterocycles. The van der Waals surface area contributed by atoms with Crippen molar-refractivity contribution in [1.29, 1.82) is 0 Å². The first-order valence-corrected chi connectivity index (χ1v) is 6.41. The monoisotopic (exact) mass is 267 g/mol. The van der Waals surface area contributed by atoms with Crippen LogP contribution in [0.5, 0.6) is 0 Å². The third kappa shape index (κ3) is 4.15. The first-order chi connectivity index (χ1) is 8.58. The van der Waals surface area contributed by atoms with Crippen molar-refractivity contribution >= 4 is 17.2 Å². The van der Waals surface area contributed by atoms with E-state index < -0.39 is 0 Å². The first kappa shape index (κ1) is 14.7. The number of aliphatic hydroxyl groups is 1. The van der Waals surface area contributed by atoms with Gasteiger partial charge < -0.3 is 15.2 Å². The van der Waals surface area contributed by atoms with E-state index in [-0.39, 0.29) is 18.6 Å². The zero-order valence-corrected chi connectivity index (χ0v) is 11.6. The summed E-state index contributed by atoms with van der Waals surface area (Å²) >= 11 is 1.33. The van der Waals surface area contributed by atoms with Gasteiger partial charge in [-0.2, -0.15) is 0 Å². The molecule has 0 spiro atoms. The van der Waals surface area contributed by atoms with Gasteiger partial charge in [0.1, 0.15) is 6.61 Å². The second kappa shape index (κ2) is 7.17. The summed E-state index contributed by atoms with van der Waals surface area (Å²) < 4.78 is 5.06. The Balaban J connectivity index is 2.69. The quantitative estimate of drug-likeness (QED) is 0.805. The van der Waals surface area contributed by atoms with E-state index in [1.54, 1.807) is 13.2 Å². The average Bonchev–Trinajstić information content (AvgIpc) is 2.74. The highest BCUT2D eigenvalue weighted by Crippen LogP contribution is 2.20. The fraction of sp³-hybridized carbons (Fsp3) is 0.462. The van der Waals surface area contributed by atoms with Crippen LogP contribution < -0.4 is 5.32 Å². The lowest BCUT2D eigenvalue weighted by atomic mass is 10.2. The minimum Gasteiger partial charge on any atom is -0.384 e. The topological polar surface area (TPSA) is 58.6 Å². The average molecular weight is 267 g/mol. The molecule has 0 aliphatic carbocycles. The molecule has 1 unspecified atom stereocenters. The van der Waals surface area contributed by atoms with Crippen molar-refractivity contribution in [2.75, 3.05) is 20.3 Å². The summed E-state index contributed by atoms with van der Waals surface area (Å²) in [6.07, 6.45) is -0.0105. The molecule has 1 amide bonds. The third-order valence-electron chi connectivity index (χ3n) is 2.37. The Morgan fingerprint density at radius 1 is 1.67 bits per heavy atom. The summed E-state index contributed by atoms with van der Waals surface area (Å²) in [5, 5.41) is 11.4. The van der Waals surface area contributed by atoms with Crippen molar-refractivity contribution in [3.63, 3.8) is 0 Å². The number of hydrogen-bond acceptors (Lipinski definition) is 4. The van der Waals surface area contributed by atoms with Gasteiger partial charge >= 0.3 is 0 Å². The maximum Gasteiger partial charge on any atom is 0.261 e. The maximum atomic E-state index is 11.9. The molecule has 5 heteroatoms. The van der Waals surface area contributed by atoms with Gasteiger partial charge in [-0.15, -0.1) is 11.3 Å². The van der Waals surface area contributed by atoms with Crippen molar-refractivity contribution in [2.45, 2.75) is 20.0 Å². The van der Waals surface area contributed by atoms with Crippen molar-refractivity contribution < 1.29 is 14.6 Å². The van der Waals surface area contributed by atoms with Crippen LogP contribution >= 0.6 is 11.3 Å². The highest BCUT2D eigenvalue weighted by molar-refractivity contribution is 7.14. The van der Waals surface area contributed by atoms with Crippen LogP contribution in [0.2, 0.25) is 0 Å². The molecule has 1 aromatic heterocycles. The van der Waals surface area contributed by atoms with Crippen LogP contribution in [0.4, 0.5) is 0 Å². The fourth-order valence-corrected chi connectivity index (χ4v) is 2.21. The first-order valence-electron chi connectivity index (χ1n) is 5.59. The molecule has 1 rings (SSSR count). The minimum absolute atomic E-state index is 0.0105. The van der Waals surface area contributed by atoms with Crippen molar-refractivity contribution in [2.24, 2.45) is 0 Å². The Kier molecular flexibility index (Phi) is 5.86. The van der Waals surface area contributed by atoms with E-state index >= 15 is 0 Å². The van der Waals surface area contributed by atoms with Gasteiger partial charge in [-0.05, 0) is 25.5 Å². The molecule has 0 aromatic carbocycles. The Bertz CT molecular complexity index is 470. The van der Waals surface area contributed by atoms with Crippen molar-refractivity contribution in [1.82, 2.24) is 5.32 Å². The van der Waals surface area contributed by atoms with E-state index in [0.29, 0.717) is 11.4 Å². The molecule has 1 atom stereocenters. The van der Waals surface area contributed by atoms with Crippen LogP contribution in [0.15, 0.2) is 6.07 Å². The van der Waals surface area contributed by atoms with E-state index in [0.717, 1.165) is 10.4 Å². The predicted molar refractivity (Wildman–Crippen MR) is 71.8 cm³/mol. The van der Waals surface area contributed by atoms with Crippen LogP contribution in [-0.2, 0) is 4.74 Å². The standard InChI is InChI=1S/C13H17NO3S/c1-9-7-12(18-11(9)5-4-6-15)13(16)14-8-10(2)17-3/h7,10,15H,6,8H2,1-3H3,(H,14,16). The van der Waals surface area contributed by atoms with Gasteiger partial charge in [-0.1, -0.05) is 11.8 Å². The zero-order valence-electron chi connectivity index (χ0n) is 10.7. The van der Waals surface area contributed by atoms with Crippen LogP contribution in [-0.4, -0.2) is 37.4 Å². The summed E-state index contributed by atoms with van der Waals surface area (Å²) in [4.78, 5) is 13.3. The molecule has 4 nitrogen and oxygen atoms in total. The normalized spacial score (nSPS) is 11.6. The molecule has 2 N–H and O–H groups in total. The van der Waals surface area contributed by atoms with E-state index in [1.165, 1.54) is 11.3 Å². The van der Waals surface area contributed by atoms with Crippen LogP contribution in [0.3, 0.4) is 0 Å². The Hall–Kier alpha value is -1.35. The highest BCUT2D eigenvalue weighted by Gasteiger charge is 2.12. The molecule has 0 aliphatic rings. The largest absolute Gasteiger partial charge is 0.384 e. The molecule has 18 heavy (non-hydrogen) atoms. The lowest BCUT2D eigenvalue weighted by Gasteiger charge is -2.09. The summed E-state index contributed by atoms with van der Waals surface area (Å²) in [6, 6.07) is 1.80. The number of amides is 1. The number of ether oxygens (including phenoxy) is 1. The van der Waals surface area contributed by atoms with E-state index in [1.807, 2.05) is 13.8 Å². The molecule has 0 bridgehead atoms. The van der Waals surface area contributed by atoms with E-state index in [9.17, 15) is 4.79 Å². The number of methoxy groups -OCH3 is 1. The van der Waals surface area contributed by atoms with E-state index in [4.69, 9.17) is 9.84 Å². The maximum absolute atomic E-state index is 11.9. The number of carbonyl (C=O) groups is 1. The molecule has 0 radical (unpaired) electrons. The lowest BCUT2D eigenvalue weighted by Crippen LogP contribution is -2.31. The second-order valence-electron chi connectivity index (χ2n) is 3.84. The second-order valence-corrected chi connectivity index (χ2v) is 4.89. The number of aryl methyl sites for hydroxylation is 1. The highest BCUT2D eigenvalue weighted by atomic mass is 32.1. The SMILES string of the molecule is COC(C)CNC(=O)c1cc(C)c(C#CCO)s1. The van der Waals surface area contributed by atoms with Gasteiger partial charge in [-0.25, -0.2) is 0 Å². The number of carbonyl (C=O) groups excluding carboxylic acids is 1. The molecule has 1 aromatic rings. The molecule has 1 heterocycles. The van der Waals surface area contributed by atoms with Crippen LogP contribution in [0, 0.1) is 18.8 Å². The number of aliphatic hydroxyl groups excluding tert-OH is 1. The molecule has 0 saturated heterocycles. The Morgan fingerprint density at radius 3 is 3.00 bits per heavy atom. The smallest absolute Gasteiger partial charge is 0.261 e. The van der Waals surface area contributed by atoms with Crippen molar-refractivity contribution in [3.8, 4) is 11.8 Å². The Morgan fingerprint density at radius 2 is 2.39 bits per heavy atom. The van der Waals surface area contributed by atoms with Crippen LogP contribution in [0.25, 0.3) is 0 Å². The summed E-state index contributed by atoms with van der Waals surface area (Å²) in [6.45, 7) is 4.08. The summed E-state index contributed by atoms with van der Waals surface area (Å²) in [7, 11) is 1.61. The van der Waals surface area contributed by atoms with Gasteiger partial charge in [0.05, 0.1) is 15.9 Å². The number of nitrogens with one attached hydrogen (secondary N) is 1. The number of rotatable bonds is 4. The third-order valence-corrected chi connectivity index (χ3v) is 3.53. The number of hydrogen-bond donors (Lipinski definition) is 2. The van der Waals surface area contributed by atoms with Gasteiger partial charge in [0.2, 0.25) is 0 Å². The molecular weight excluding hydrogens is 250 g/mol. The zero-order chi connectivity index (χ0) is 13.5. The molecular formula is C13H17NO3S. The van der Waals surface area contributed by atoms with Crippen LogP contribution in [0.1, 0.15) is 27.0 Å². The van der Waals surface area contributed by atoms with Gasteiger partial charge in [-0.3, -0.25) is 4.79 Å². The predicted octanol–water partition coefficient (Wildman–Crippen LogP) is 1.17. The lowest BCUT2D eigenvalue weighted by molar-refractivity contribution is 0.0874.